The molecule has 0 aliphatic heterocycles. The lowest BCUT2D eigenvalue weighted by molar-refractivity contribution is 0.849. The van der Waals surface area contributed by atoms with E-state index in [1.165, 1.54) is 60.9 Å². The van der Waals surface area contributed by atoms with Gasteiger partial charge in [0.25, 0.3) is 0 Å². The quantitative estimate of drug-likeness (QED) is 0.235. The largest absolute Gasteiger partial charge is 0.310 e. The van der Waals surface area contributed by atoms with Gasteiger partial charge in [-0.25, -0.2) is 0 Å². The van der Waals surface area contributed by atoms with Gasteiger partial charge in [0.05, 0.1) is 16.6 Å². The number of hydrogen-bond acceptors (Lipinski definition) is 0. The highest BCUT2D eigenvalue weighted by molar-refractivity contribution is 6.10. The van der Waals surface area contributed by atoms with Crippen molar-refractivity contribution >= 4 is 44.5 Å². The molecule has 8 rings (SSSR count). The average molecular weight is 489 g/mol. The van der Waals surface area contributed by atoms with Crippen LogP contribution in [0.2, 0.25) is 0 Å². The van der Waals surface area contributed by atoms with Gasteiger partial charge in [-0.05, 0) is 72.9 Å². The van der Waals surface area contributed by atoms with Gasteiger partial charge in [0.15, 0.2) is 0 Å². The summed E-state index contributed by atoms with van der Waals surface area (Å²) in [5.74, 6) is 0.385. The Bertz CT molecular complexity index is 1890. The molecule has 2 nitrogen and oxygen atoms in total. The fourth-order valence-corrected chi connectivity index (χ4v) is 6.56. The van der Waals surface area contributed by atoms with Crippen LogP contribution in [0, 0.1) is 0 Å². The van der Waals surface area contributed by atoms with Crippen LogP contribution in [0.15, 0.2) is 121 Å². The first-order valence-corrected chi connectivity index (χ1v) is 13.6. The number of benzene rings is 4. The Balaban J connectivity index is 1.13. The van der Waals surface area contributed by atoms with E-state index in [-0.39, 0.29) is 0 Å². The first kappa shape index (κ1) is 21.5. The van der Waals surface area contributed by atoms with E-state index < -0.39 is 0 Å². The molecule has 2 heteroatoms. The number of rotatable bonds is 3. The maximum atomic E-state index is 2.43. The molecule has 0 N–H and O–H groups in total. The van der Waals surface area contributed by atoms with Crippen molar-refractivity contribution in [1.82, 2.24) is 9.13 Å². The van der Waals surface area contributed by atoms with Crippen molar-refractivity contribution in [2.45, 2.75) is 25.2 Å². The van der Waals surface area contributed by atoms with E-state index in [2.05, 4.69) is 137 Å². The summed E-state index contributed by atoms with van der Waals surface area (Å²) in [7, 11) is 0. The number of aromatic nitrogens is 2. The summed E-state index contributed by atoms with van der Waals surface area (Å²) in [6.07, 6.45) is 14.9. The van der Waals surface area contributed by atoms with Gasteiger partial charge in [-0.1, -0.05) is 85.0 Å². The van der Waals surface area contributed by atoms with Crippen LogP contribution in [0.25, 0.3) is 50.2 Å². The van der Waals surface area contributed by atoms with E-state index in [0.29, 0.717) is 5.92 Å². The number of allylic oxidation sites excluding steroid dienone is 5. The van der Waals surface area contributed by atoms with E-state index in [1.54, 1.807) is 0 Å². The molecule has 0 fully saturated rings. The first-order chi connectivity index (χ1) is 18.9. The van der Waals surface area contributed by atoms with E-state index >= 15 is 0 Å². The van der Waals surface area contributed by atoms with E-state index in [0.717, 1.165) is 19.3 Å². The standard InChI is InChI=1S/C36H28N2/c1-5-13-33-29(9-1)30-10-2-6-14-34(30)37(33)27-21-17-25(18-22-27)26-19-23-28(24-20-26)38-35-15-7-3-11-31(35)32-12-4-8-16-36(32)38/h1-3,5-11,13-17,19-25H,4,12,18H2. The molecule has 6 aromatic rings. The Morgan fingerprint density at radius 1 is 0.605 bits per heavy atom. The number of aryl methyl sites for hydroxylation is 1. The zero-order chi connectivity index (χ0) is 25.1. The van der Waals surface area contributed by atoms with Crippen LogP contribution in [0.4, 0.5) is 0 Å². The van der Waals surface area contributed by atoms with Gasteiger partial charge in [0.1, 0.15) is 0 Å². The molecule has 2 aromatic heterocycles. The Hall–Kier alpha value is -4.56. The molecule has 1 unspecified atom stereocenters. The highest BCUT2D eigenvalue weighted by Gasteiger charge is 2.19. The normalized spacial score (nSPS) is 16.8. The minimum Gasteiger partial charge on any atom is -0.310 e. The van der Waals surface area contributed by atoms with Crippen LogP contribution in [0.3, 0.4) is 0 Å². The Kier molecular flexibility index (Phi) is 4.81. The van der Waals surface area contributed by atoms with Gasteiger partial charge >= 0.3 is 0 Å². The minimum absolute atomic E-state index is 0.385. The lowest BCUT2D eigenvalue weighted by atomic mass is 9.91. The molecular formula is C36H28N2. The Morgan fingerprint density at radius 2 is 1.24 bits per heavy atom. The van der Waals surface area contributed by atoms with Crippen molar-refractivity contribution in [1.29, 1.82) is 0 Å². The SMILES string of the molecule is C1=Cc2c(c3ccccc3n2-c2ccc(C3C=CC(n4c5ccccc5c5ccccc54)=CC3)cc2)CC1. The molecule has 182 valence electrons. The summed E-state index contributed by atoms with van der Waals surface area (Å²) in [6, 6.07) is 35.5. The molecule has 2 aliphatic rings. The third-order valence-corrected chi connectivity index (χ3v) is 8.35. The average Bonchev–Trinajstić information content (AvgIpc) is 3.51. The van der Waals surface area contributed by atoms with Crippen LogP contribution < -0.4 is 0 Å². The summed E-state index contributed by atoms with van der Waals surface area (Å²) >= 11 is 0. The van der Waals surface area contributed by atoms with Crippen molar-refractivity contribution < 1.29 is 0 Å². The fourth-order valence-electron chi connectivity index (χ4n) is 6.56. The molecule has 0 saturated heterocycles. The lowest BCUT2D eigenvalue weighted by Gasteiger charge is -2.19. The second-order valence-corrected chi connectivity index (χ2v) is 10.4. The predicted molar refractivity (Wildman–Crippen MR) is 161 cm³/mol. The summed E-state index contributed by atoms with van der Waals surface area (Å²) in [4.78, 5) is 0. The maximum Gasteiger partial charge on any atom is 0.0540 e. The first-order valence-electron chi connectivity index (χ1n) is 13.6. The predicted octanol–water partition coefficient (Wildman–Crippen LogP) is 9.28. The topological polar surface area (TPSA) is 9.86 Å². The summed E-state index contributed by atoms with van der Waals surface area (Å²) in [6.45, 7) is 0. The molecule has 2 aliphatic carbocycles. The second-order valence-electron chi connectivity index (χ2n) is 10.4. The zero-order valence-corrected chi connectivity index (χ0v) is 21.2. The van der Waals surface area contributed by atoms with Gasteiger partial charge in [-0.15, -0.1) is 0 Å². The number of para-hydroxylation sites is 3. The van der Waals surface area contributed by atoms with Crippen LogP contribution in [-0.2, 0) is 6.42 Å². The summed E-state index contributed by atoms with van der Waals surface area (Å²) in [5, 5.41) is 4.00. The molecule has 0 radical (unpaired) electrons. The van der Waals surface area contributed by atoms with Crippen LogP contribution in [0.5, 0.6) is 0 Å². The number of fused-ring (bicyclic) bond motifs is 6. The molecular weight excluding hydrogens is 460 g/mol. The highest BCUT2D eigenvalue weighted by atomic mass is 15.0. The van der Waals surface area contributed by atoms with E-state index in [1.807, 2.05) is 0 Å². The molecule has 0 spiro atoms. The molecule has 38 heavy (non-hydrogen) atoms. The third kappa shape index (κ3) is 3.20. The highest BCUT2D eigenvalue weighted by Crippen LogP contribution is 2.37. The van der Waals surface area contributed by atoms with E-state index in [9.17, 15) is 0 Å². The maximum absolute atomic E-state index is 2.43. The summed E-state index contributed by atoms with van der Waals surface area (Å²) in [5.41, 5.74) is 10.5. The van der Waals surface area contributed by atoms with Crippen molar-refractivity contribution in [3.05, 3.63) is 138 Å². The Morgan fingerprint density at radius 3 is 1.89 bits per heavy atom. The fraction of sp³-hybridized carbons (Fsp3) is 0.111. The Labute approximate surface area is 222 Å². The van der Waals surface area contributed by atoms with Crippen molar-refractivity contribution in [3.8, 4) is 5.69 Å². The van der Waals surface area contributed by atoms with Gasteiger partial charge in [0.2, 0.25) is 0 Å². The van der Waals surface area contributed by atoms with Gasteiger partial charge in [0, 0.05) is 39.2 Å². The summed E-state index contributed by atoms with van der Waals surface area (Å²) < 4.78 is 4.84. The van der Waals surface area contributed by atoms with Gasteiger partial charge in [-0.3, -0.25) is 0 Å². The lowest BCUT2D eigenvalue weighted by Crippen LogP contribution is -2.04. The number of hydrogen-bond donors (Lipinski definition) is 0. The second kappa shape index (κ2) is 8.49. The van der Waals surface area contributed by atoms with Gasteiger partial charge < -0.3 is 9.13 Å². The molecule has 0 amide bonds. The van der Waals surface area contributed by atoms with Crippen LogP contribution >= 0.6 is 0 Å². The molecule has 4 aromatic carbocycles. The van der Waals surface area contributed by atoms with Crippen molar-refractivity contribution in [2.75, 3.05) is 0 Å². The monoisotopic (exact) mass is 488 g/mol. The molecule has 1 atom stereocenters. The van der Waals surface area contributed by atoms with Crippen LogP contribution in [-0.4, -0.2) is 9.13 Å². The van der Waals surface area contributed by atoms with Crippen molar-refractivity contribution in [3.63, 3.8) is 0 Å². The van der Waals surface area contributed by atoms with Gasteiger partial charge in [-0.2, -0.15) is 0 Å². The third-order valence-electron chi connectivity index (χ3n) is 8.35. The molecule has 2 heterocycles. The molecule has 0 bridgehead atoms. The molecule has 0 saturated carbocycles. The van der Waals surface area contributed by atoms with E-state index in [4.69, 9.17) is 0 Å². The van der Waals surface area contributed by atoms with Crippen LogP contribution in [0.1, 0.15) is 35.6 Å². The number of nitrogens with zero attached hydrogens (tertiary/aromatic N) is 2. The minimum atomic E-state index is 0.385. The van der Waals surface area contributed by atoms with Crippen molar-refractivity contribution in [2.24, 2.45) is 0 Å². The smallest absolute Gasteiger partial charge is 0.0540 e. The zero-order valence-electron chi connectivity index (χ0n) is 21.2.